The number of amides is 1. The Hall–Kier alpha value is -1.50. The molecule has 1 aliphatic carbocycles. The number of fused-ring (bicyclic) bond motifs is 1. The lowest BCUT2D eigenvalue weighted by molar-refractivity contribution is -0.113. The highest BCUT2D eigenvalue weighted by Crippen LogP contribution is 2.28. The zero-order valence-corrected chi connectivity index (χ0v) is 14.3. The number of carbonyl (C=O) groups is 1. The lowest BCUT2D eigenvalue weighted by Crippen LogP contribution is -2.17. The number of H-pyrrole nitrogens is 1. The fourth-order valence-electron chi connectivity index (χ4n) is 2.46. The molecule has 1 aliphatic rings. The van der Waals surface area contributed by atoms with Gasteiger partial charge in [-0.15, -0.1) is 0 Å². The number of benzene rings is 1. The van der Waals surface area contributed by atoms with Crippen LogP contribution in [0.4, 0.5) is 5.69 Å². The summed E-state index contributed by atoms with van der Waals surface area (Å²) >= 11 is 13.0. The Labute approximate surface area is 146 Å². The summed E-state index contributed by atoms with van der Waals surface area (Å²) in [5.41, 5.74) is 2.21. The van der Waals surface area contributed by atoms with Gasteiger partial charge in [0.15, 0.2) is 0 Å². The summed E-state index contributed by atoms with van der Waals surface area (Å²) in [5, 5.41) is 4.20. The highest BCUT2D eigenvalue weighted by atomic mass is 35.5. The maximum absolute atomic E-state index is 12.0. The first-order chi connectivity index (χ1) is 11.0. The zero-order valence-electron chi connectivity index (χ0n) is 12.0. The molecule has 1 amide bonds. The molecule has 0 spiro atoms. The molecule has 0 radical (unpaired) electrons. The quantitative estimate of drug-likeness (QED) is 0.640. The fraction of sp³-hybridized carbons (Fsp3) is 0.267. The molecule has 3 rings (SSSR count). The van der Waals surface area contributed by atoms with Crippen LogP contribution in [0.25, 0.3) is 0 Å². The molecule has 0 saturated carbocycles. The van der Waals surface area contributed by atoms with E-state index in [4.69, 9.17) is 23.2 Å². The Morgan fingerprint density at radius 2 is 2.13 bits per heavy atom. The van der Waals surface area contributed by atoms with Crippen LogP contribution in [-0.2, 0) is 17.6 Å². The van der Waals surface area contributed by atoms with Crippen molar-refractivity contribution >= 4 is 46.6 Å². The van der Waals surface area contributed by atoms with Crippen LogP contribution >= 0.6 is 35.0 Å². The Morgan fingerprint density at radius 1 is 1.30 bits per heavy atom. The van der Waals surface area contributed by atoms with Gasteiger partial charge >= 0.3 is 5.69 Å². The van der Waals surface area contributed by atoms with Crippen molar-refractivity contribution < 1.29 is 4.79 Å². The van der Waals surface area contributed by atoms with Crippen LogP contribution < -0.4 is 11.0 Å². The molecule has 120 valence electrons. The SMILES string of the molecule is O=C(CSc1nc(=O)[nH]c2c1CCC2)Nc1ccc(Cl)c(Cl)c1. The molecule has 0 unspecified atom stereocenters. The molecule has 8 heteroatoms. The summed E-state index contributed by atoms with van der Waals surface area (Å²) in [6.07, 6.45) is 2.74. The largest absolute Gasteiger partial charge is 0.346 e. The van der Waals surface area contributed by atoms with E-state index in [1.807, 2.05) is 0 Å². The van der Waals surface area contributed by atoms with Crippen molar-refractivity contribution in [3.8, 4) is 0 Å². The number of aryl methyl sites for hydroxylation is 1. The van der Waals surface area contributed by atoms with Crippen molar-refractivity contribution in [2.45, 2.75) is 24.3 Å². The van der Waals surface area contributed by atoms with E-state index in [1.54, 1.807) is 18.2 Å². The standard InChI is InChI=1S/C15H13Cl2N3O2S/c16-10-5-4-8(6-11(10)17)18-13(21)7-23-14-9-2-1-3-12(9)19-15(22)20-14/h4-6H,1-3,7H2,(H,18,21)(H,19,20,22). The number of aromatic amines is 1. The number of hydrogen-bond donors (Lipinski definition) is 2. The average Bonchev–Trinajstić information content (AvgIpc) is 2.97. The minimum absolute atomic E-state index is 0.170. The van der Waals surface area contributed by atoms with Gasteiger partial charge in [-0.05, 0) is 37.5 Å². The summed E-state index contributed by atoms with van der Waals surface area (Å²) in [7, 11) is 0. The summed E-state index contributed by atoms with van der Waals surface area (Å²) < 4.78 is 0. The second-order valence-corrected chi connectivity index (χ2v) is 6.90. The molecule has 0 atom stereocenters. The second kappa shape index (κ2) is 6.95. The van der Waals surface area contributed by atoms with Gasteiger partial charge in [-0.1, -0.05) is 35.0 Å². The highest BCUT2D eigenvalue weighted by Gasteiger charge is 2.18. The van der Waals surface area contributed by atoms with Crippen LogP contribution in [0, 0.1) is 0 Å². The molecule has 0 aliphatic heterocycles. The van der Waals surface area contributed by atoms with E-state index in [1.165, 1.54) is 11.8 Å². The minimum atomic E-state index is -0.363. The lowest BCUT2D eigenvalue weighted by atomic mass is 10.3. The molecule has 2 N–H and O–H groups in total. The number of anilines is 1. The molecular weight excluding hydrogens is 357 g/mol. The topological polar surface area (TPSA) is 74.8 Å². The number of halogens is 2. The van der Waals surface area contributed by atoms with Gasteiger partial charge in [0.25, 0.3) is 0 Å². The van der Waals surface area contributed by atoms with E-state index in [9.17, 15) is 9.59 Å². The van der Waals surface area contributed by atoms with E-state index in [2.05, 4.69) is 15.3 Å². The Balaban J connectivity index is 1.65. The number of nitrogens with zero attached hydrogens (tertiary/aromatic N) is 1. The van der Waals surface area contributed by atoms with Crippen LogP contribution in [0.1, 0.15) is 17.7 Å². The van der Waals surface area contributed by atoms with Gasteiger partial charge in [0.05, 0.1) is 15.8 Å². The molecule has 1 heterocycles. The Morgan fingerprint density at radius 3 is 2.91 bits per heavy atom. The van der Waals surface area contributed by atoms with E-state index in [-0.39, 0.29) is 17.3 Å². The van der Waals surface area contributed by atoms with E-state index in [0.717, 1.165) is 30.5 Å². The van der Waals surface area contributed by atoms with Gasteiger partial charge in [0.2, 0.25) is 5.91 Å². The maximum atomic E-state index is 12.0. The average molecular weight is 370 g/mol. The molecule has 0 saturated heterocycles. The number of hydrogen-bond acceptors (Lipinski definition) is 4. The van der Waals surface area contributed by atoms with Crippen molar-refractivity contribution in [2.75, 3.05) is 11.1 Å². The Bertz CT molecular complexity index is 823. The third kappa shape index (κ3) is 3.88. The Kier molecular flexibility index (Phi) is 4.94. The van der Waals surface area contributed by atoms with Crippen molar-refractivity contribution in [1.29, 1.82) is 0 Å². The van der Waals surface area contributed by atoms with Crippen LogP contribution in [0.5, 0.6) is 0 Å². The number of thioether (sulfide) groups is 1. The van der Waals surface area contributed by atoms with E-state index >= 15 is 0 Å². The number of aromatic nitrogens is 2. The summed E-state index contributed by atoms with van der Waals surface area (Å²) in [6.45, 7) is 0. The second-order valence-electron chi connectivity index (χ2n) is 5.12. The first kappa shape index (κ1) is 16.4. The van der Waals surface area contributed by atoms with Crippen molar-refractivity contribution in [3.05, 3.63) is 50.0 Å². The van der Waals surface area contributed by atoms with Crippen LogP contribution in [0.2, 0.25) is 10.0 Å². The summed E-state index contributed by atoms with van der Waals surface area (Å²) in [6, 6.07) is 4.90. The predicted molar refractivity (Wildman–Crippen MR) is 92.7 cm³/mol. The van der Waals surface area contributed by atoms with Gasteiger partial charge in [0, 0.05) is 16.9 Å². The van der Waals surface area contributed by atoms with Crippen molar-refractivity contribution in [3.63, 3.8) is 0 Å². The first-order valence-electron chi connectivity index (χ1n) is 7.02. The minimum Gasteiger partial charge on any atom is -0.325 e. The molecular formula is C15H13Cl2N3O2S. The van der Waals surface area contributed by atoms with Crippen LogP contribution in [-0.4, -0.2) is 21.6 Å². The number of nitrogens with one attached hydrogen (secondary N) is 2. The first-order valence-corrected chi connectivity index (χ1v) is 8.77. The third-order valence-corrected chi connectivity index (χ3v) is 5.24. The molecule has 1 aromatic carbocycles. The van der Waals surface area contributed by atoms with Gasteiger partial charge < -0.3 is 10.3 Å². The number of rotatable bonds is 4. The van der Waals surface area contributed by atoms with Crippen LogP contribution in [0.15, 0.2) is 28.0 Å². The molecule has 2 aromatic rings. The van der Waals surface area contributed by atoms with Gasteiger partial charge in [-0.25, -0.2) is 4.79 Å². The number of carbonyl (C=O) groups excluding carboxylic acids is 1. The lowest BCUT2D eigenvalue weighted by Gasteiger charge is -2.08. The molecule has 23 heavy (non-hydrogen) atoms. The summed E-state index contributed by atoms with van der Waals surface area (Å²) in [4.78, 5) is 30.3. The van der Waals surface area contributed by atoms with Crippen LogP contribution in [0.3, 0.4) is 0 Å². The normalized spacial score (nSPS) is 13.0. The predicted octanol–water partition coefficient (Wildman–Crippen LogP) is 3.30. The zero-order chi connectivity index (χ0) is 16.4. The molecule has 0 fully saturated rings. The van der Waals surface area contributed by atoms with Gasteiger partial charge in [0.1, 0.15) is 5.03 Å². The highest BCUT2D eigenvalue weighted by molar-refractivity contribution is 8.00. The molecule has 1 aromatic heterocycles. The molecule has 5 nitrogen and oxygen atoms in total. The van der Waals surface area contributed by atoms with E-state index < -0.39 is 0 Å². The van der Waals surface area contributed by atoms with Crippen molar-refractivity contribution in [1.82, 2.24) is 9.97 Å². The molecule has 0 bridgehead atoms. The van der Waals surface area contributed by atoms with E-state index in [0.29, 0.717) is 20.8 Å². The third-order valence-electron chi connectivity index (χ3n) is 3.48. The van der Waals surface area contributed by atoms with Gasteiger partial charge in [-0.3, -0.25) is 4.79 Å². The van der Waals surface area contributed by atoms with Gasteiger partial charge in [-0.2, -0.15) is 4.98 Å². The fourth-order valence-corrected chi connectivity index (χ4v) is 3.64. The monoisotopic (exact) mass is 369 g/mol. The smallest absolute Gasteiger partial charge is 0.325 e. The summed E-state index contributed by atoms with van der Waals surface area (Å²) in [5.74, 6) is -0.0226. The maximum Gasteiger partial charge on any atom is 0.346 e. The van der Waals surface area contributed by atoms with Crippen molar-refractivity contribution in [2.24, 2.45) is 0 Å².